The normalized spacial score (nSPS) is 22.8. The average molecular weight is 178 g/mol. The van der Waals surface area contributed by atoms with Crippen LogP contribution in [0.25, 0.3) is 0 Å². The highest BCUT2D eigenvalue weighted by Gasteiger charge is 2.15. The summed E-state index contributed by atoms with van der Waals surface area (Å²) >= 11 is 0. The van der Waals surface area contributed by atoms with Gasteiger partial charge in [0.05, 0.1) is 0 Å². The van der Waals surface area contributed by atoms with E-state index in [1.807, 2.05) is 12.2 Å². The van der Waals surface area contributed by atoms with Crippen LogP contribution in [0.5, 0.6) is 0 Å². The molecule has 0 saturated carbocycles. The minimum Gasteiger partial charge on any atom is -0.305 e. The van der Waals surface area contributed by atoms with Crippen LogP contribution in [0, 0.1) is 11.3 Å². The second kappa shape index (κ2) is 3.98. The van der Waals surface area contributed by atoms with Crippen LogP contribution in [0.4, 0.5) is 0 Å². The number of nitrogens with one attached hydrogen (secondary N) is 1. The van der Waals surface area contributed by atoms with Gasteiger partial charge in [-0.2, -0.15) is 0 Å². The summed E-state index contributed by atoms with van der Waals surface area (Å²) in [7, 11) is 0. The van der Waals surface area contributed by atoms with E-state index >= 15 is 0 Å². The first kappa shape index (κ1) is 9.64. The van der Waals surface area contributed by atoms with Crippen molar-refractivity contribution >= 4 is 5.84 Å². The van der Waals surface area contributed by atoms with E-state index in [0.29, 0.717) is 0 Å². The van der Waals surface area contributed by atoms with E-state index in [-0.39, 0.29) is 11.8 Å². The highest BCUT2D eigenvalue weighted by molar-refractivity contribution is 5.84. The van der Waals surface area contributed by atoms with E-state index in [1.54, 1.807) is 0 Å². The van der Waals surface area contributed by atoms with Gasteiger partial charge in [0.15, 0.2) is 5.84 Å². The first-order valence-electron chi connectivity index (χ1n) is 4.19. The number of rotatable bonds is 1. The van der Waals surface area contributed by atoms with Gasteiger partial charge in [-0.3, -0.25) is 5.41 Å². The Balaban J connectivity index is 2.70. The van der Waals surface area contributed by atoms with Crippen LogP contribution in [-0.2, 0) is 0 Å². The Morgan fingerprint density at radius 1 is 1.62 bits per heavy atom. The summed E-state index contributed by atoms with van der Waals surface area (Å²) < 4.78 is 0. The lowest BCUT2D eigenvalue weighted by atomic mass is 9.90. The molecule has 0 amide bonds. The molecule has 70 valence electrons. The molecule has 0 heterocycles. The van der Waals surface area contributed by atoms with Gasteiger partial charge in [0.25, 0.3) is 0 Å². The fourth-order valence-corrected chi connectivity index (χ4v) is 1.29. The summed E-state index contributed by atoms with van der Waals surface area (Å²) in [6, 6.07) is 0. The molecular formula is C9H14N4. The zero-order valence-electron chi connectivity index (χ0n) is 7.91. The number of nitrogens with zero attached hydrogens (tertiary/aromatic N) is 2. The van der Waals surface area contributed by atoms with E-state index in [1.165, 1.54) is 11.1 Å². The first-order valence-corrected chi connectivity index (χ1v) is 4.19. The molecule has 0 aromatic heterocycles. The molecule has 1 rings (SSSR count). The summed E-state index contributed by atoms with van der Waals surface area (Å²) in [5, 5.41) is 14.2. The second-order valence-electron chi connectivity index (χ2n) is 3.23. The molecule has 0 aromatic rings. The number of hydrogen-bond donors (Lipinski definition) is 2. The highest BCUT2D eigenvalue weighted by atomic mass is 15.3. The van der Waals surface area contributed by atoms with Gasteiger partial charge >= 0.3 is 0 Å². The Morgan fingerprint density at radius 2 is 2.31 bits per heavy atom. The highest BCUT2D eigenvalue weighted by Crippen LogP contribution is 2.23. The topological polar surface area (TPSA) is 74.6 Å². The lowest BCUT2D eigenvalue weighted by molar-refractivity contribution is 0.789. The summed E-state index contributed by atoms with van der Waals surface area (Å²) in [5.74, 6) is 5.14. The van der Waals surface area contributed by atoms with Crippen molar-refractivity contribution in [1.82, 2.24) is 0 Å². The largest absolute Gasteiger partial charge is 0.305 e. The third kappa shape index (κ3) is 2.24. The number of amidine groups is 1. The minimum atomic E-state index is 0.0380. The van der Waals surface area contributed by atoms with Crippen LogP contribution in [0.3, 0.4) is 0 Å². The van der Waals surface area contributed by atoms with Gasteiger partial charge in [0.1, 0.15) is 0 Å². The molecular weight excluding hydrogens is 164 g/mol. The molecule has 0 aliphatic heterocycles. The van der Waals surface area contributed by atoms with Crippen molar-refractivity contribution in [2.24, 2.45) is 22.1 Å². The zero-order valence-corrected chi connectivity index (χ0v) is 7.91. The third-order valence-electron chi connectivity index (χ3n) is 2.29. The maximum Gasteiger partial charge on any atom is 0.152 e. The van der Waals surface area contributed by atoms with Crippen molar-refractivity contribution < 1.29 is 0 Å². The van der Waals surface area contributed by atoms with E-state index in [2.05, 4.69) is 24.2 Å². The van der Waals surface area contributed by atoms with Crippen molar-refractivity contribution in [2.75, 3.05) is 0 Å². The summed E-state index contributed by atoms with van der Waals surface area (Å²) in [4.78, 5) is 0. The van der Waals surface area contributed by atoms with Gasteiger partial charge in [-0.1, -0.05) is 28.5 Å². The predicted molar refractivity (Wildman–Crippen MR) is 52.4 cm³/mol. The molecule has 1 aliphatic rings. The standard InChI is InChI=1S/C9H14N4/c1-6-3-4-8(5-7(6)2)9(10)12-13-11/h3-4,8H,5H2,1-2H3,(H3,10,11,12). The number of nitrogens with two attached hydrogens (primary N) is 1. The predicted octanol–water partition coefficient (Wildman–Crippen LogP) is 2.20. The van der Waals surface area contributed by atoms with Crippen LogP contribution in [0.1, 0.15) is 20.3 Å². The monoisotopic (exact) mass is 178 g/mol. The van der Waals surface area contributed by atoms with Gasteiger partial charge in [0, 0.05) is 5.92 Å². The molecule has 1 unspecified atom stereocenters. The first-order chi connectivity index (χ1) is 6.15. The molecule has 1 atom stereocenters. The van der Waals surface area contributed by atoms with Crippen molar-refractivity contribution in [3.8, 4) is 0 Å². The van der Waals surface area contributed by atoms with Gasteiger partial charge in [-0.15, -0.1) is 5.11 Å². The minimum absolute atomic E-state index is 0.0380. The fourth-order valence-electron chi connectivity index (χ4n) is 1.29. The van der Waals surface area contributed by atoms with Crippen molar-refractivity contribution in [3.63, 3.8) is 0 Å². The number of hydrogen-bond acceptors (Lipinski definition) is 2. The van der Waals surface area contributed by atoms with Gasteiger partial charge in [0.2, 0.25) is 0 Å². The van der Waals surface area contributed by atoms with E-state index in [9.17, 15) is 0 Å². The van der Waals surface area contributed by atoms with Crippen molar-refractivity contribution in [1.29, 1.82) is 5.41 Å². The van der Waals surface area contributed by atoms with Crippen LogP contribution in [-0.4, -0.2) is 5.84 Å². The van der Waals surface area contributed by atoms with Crippen LogP contribution >= 0.6 is 0 Å². The molecule has 3 N–H and O–H groups in total. The quantitative estimate of drug-likeness (QED) is 0.208. The average Bonchev–Trinajstić information content (AvgIpc) is 2.10. The summed E-state index contributed by atoms with van der Waals surface area (Å²) in [6.07, 6.45) is 4.84. The van der Waals surface area contributed by atoms with E-state index in [4.69, 9.17) is 11.3 Å². The van der Waals surface area contributed by atoms with Crippen molar-refractivity contribution in [3.05, 3.63) is 23.3 Å². The molecule has 0 spiro atoms. The van der Waals surface area contributed by atoms with Gasteiger partial charge in [-0.25, -0.2) is 0 Å². The summed E-state index contributed by atoms with van der Waals surface area (Å²) in [6.45, 7) is 4.13. The van der Waals surface area contributed by atoms with Crippen LogP contribution < -0.4 is 5.84 Å². The van der Waals surface area contributed by atoms with Gasteiger partial charge in [-0.05, 0) is 20.3 Å². The van der Waals surface area contributed by atoms with E-state index in [0.717, 1.165) is 6.42 Å². The zero-order chi connectivity index (χ0) is 9.84. The Bertz CT molecular complexity index is 299. The molecule has 4 heteroatoms. The Labute approximate surface area is 77.7 Å². The molecule has 0 fully saturated rings. The molecule has 1 aliphatic carbocycles. The SMILES string of the molecule is CC1=C(C)CC(C(=N)N=NN)C=C1. The Morgan fingerprint density at radius 3 is 2.85 bits per heavy atom. The number of allylic oxidation sites excluding steroid dienone is 3. The molecule has 0 bridgehead atoms. The Hall–Kier alpha value is -1.45. The molecule has 0 aromatic carbocycles. The molecule has 0 radical (unpaired) electrons. The third-order valence-corrected chi connectivity index (χ3v) is 2.29. The van der Waals surface area contributed by atoms with Crippen molar-refractivity contribution in [2.45, 2.75) is 20.3 Å². The maximum absolute atomic E-state index is 7.52. The van der Waals surface area contributed by atoms with Crippen LogP contribution in [0.2, 0.25) is 0 Å². The van der Waals surface area contributed by atoms with Crippen LogP contribution in [0.15, 0.2) is 33.6 Å². The molecule has 13 heavy (non-hydrogen) atoms. The molecule has 4 nitrogen and oxygen atoms in total. The lowest BCUT2D eigenvalue weighted by Crippen LogP contribution is -2.12. The summed E-state index contributed by atoms with van der Waals surface area (Å²) in [5.41, 5.74) is 2.57. The Kier molecular flexibility index (Phi) is 2.95. The fraction of sp³-hybridized carbons (Fsp3) is 0.444. The smallest absolute Gasteiger partial charge is 0.152 e. The second-order valence-corrected chi connectivity index (χ2v) is 3.23. The van der Waals surface area contributed by atoms with E-state index < -0.39 is 0 Å². The van der Waals surface area contributed by atoms with Gasteiger partial charge < -0.3 is 5.84 Å². The molecule has 0 saturated heterocycles. The lowest BCUT2D eigenvalue weighted by Gasteiger charge is -2.16. The maximum atomic E-state index is 7.52.